The van der Waals surface area contributed by atoms with Gasteiger partial charge in [0.05, 0.1) is 17.8 Å². The van der Waals surface area contributed by atoms with Crippen molar-refractivity contribution < 1.29 is 43.9 Å². The third kappa shape index (κ3) is 4.26. The Bertz CT molecular complexity index is 999. The van der Waals surface area contributed by atoms with Gasteiger partial charge in [-0.1, -0.05) is 6.92 Å². The first-order valence-electron chi connectivity index (χ1n) is 14.9. The molecule has 39 heavy (non-hydrogen) atoms. The zero-order valence-electron chi connectivity index (χ0n) is 23.2. The van der Waals surface area contributed by atoms with Crippen molar-refractivity contribution in [3.63, 3.8) is 0 Å². The molecule has 9 heteroatoms. The number of methoxy groups -OCH3 is 1. The molecular formula is C30H44O9. The number of cyclic esters (lactones) is 1. The number of hydrogen-bond acceptors (Lipinski definition) is 9. The average Bonchev–Trinajstić information content (AvgIpc) is 3.46. The van der Waals surface area contributed by atoms with Crippen molar-refractivity contribution in [2.24, 2.45) is 40.9 Å². The van der Waals surface area contributed by atoms with Crippen LogP contribution in [0.5, 0.6) is 0 Å². The number of carbonyl (C=O) groups is 2. The second-order valence-electron chi connectivity index (χ2n) is 13.4. The Hall–Kier alpha value is -1.36. The molecule has 0 bridgehead atoms. The van der Waals surface area contributed by atoms with Gasteiger partial charge in [-0.2, -0.15) is 0 Å². The molecule has 1 saturated heterocycles. The predicted octanol–water partition coefficient (Wildman–Crippen LogP) is 2.15. The second kappa shape index (κ2) is 10.2. The number of aliphatic hydroxyl groups is 3. The van der Waals surface area contributed by atoms with Gasteiger partial charge in [-0.15, -0.1) is 0 Å². The van der Waals surface area contributed by atoms with Gasteiger partial charge in [0, 0.05) is 24.5 Å². The molecule has 0 spiro atoms. The maximum absolute atomic E-state index is 12.5. The molecule has 3 N–H and O–H groups in total. The highest BCUT2D eigenvalue weighted by atomic mass is 16.7. The van der Waals surface area contributed by atoms with Gasteiger partial charge in [-0.25, -0.2) is 4.79 Å². The number of esters is 1. The van der Waals surface area contributed by atoms with Crippen LogP contribution in [-0.2, 0) is 28.5 Å². The molecule has 5 fully saturated rings. The summed E-state index contributed by atoms with van der Waals surface area (Å²) in [7, 11) is 1.45. The van der Waals surface area contributed by atoms with E-state index in [1.807, 2.05) is 0 Å². The fraction of sp³-hybridized carbons (Fsp3) is 0.867. The summed E-state index contributed by atoms with van der Waals surface area (Å²) in [6.07, 6.45) is 4.72. The van der Waals surface area contributed by atoms with Crippen LogP contribution < -0.4 is 0 Å². The maximum Gasteiger partial charge on any atom is 0.331 e. The van der Waals surface area contributed by atoms with Crippen LogP contribution in [0, 0.1) is 40.9 Å². The van der Waals surface area contributed by atoms with Crippen molar-refractivity contribution in [2.75, 3.05) is 13.7 Å². The van der Waals surface area contributed by atoms with E-state index in [4.69, 9.17) is 18.9 Å². The Balaban J connectivity index is 1.18. The summed E-state index contributed by atoms with van der Waals surface area (Å²) in [4.78, 5) is 24.3. The molecule has 0 aromatic carbocycles. The fourth-order valence-corrected chi connectivity index (χ4v) is 10.00. The van der Waals surface area contributed by atoms with Crippen molar-refractivity contribution in [1.82, 2.24) is 0 Å². The summed E-state index contributed by atoms with van der Waals surface area (Å²) < 4.78 is 22.6. The molecule has 0 amide bonds. The van der Waals surface area contributed by atoms with Crippen LogP contribution in [0.25, 0.3) is 0 Å². The van der Waals surface area contributed by atoms with Gasteiger partial charge < -0.3 is 39.1 Å². The highest BCUT2D eigenvalue weighted by molar-refractivity contribution is 5.85. The zero-order chi connectivity index (χ0) is 27.7. The minimum atomic E-state index is -1.12. The van der Waals surface area contributed by atoms with Gasteiger partial charge >= 0.3 is 5.97 Å². The SMILES string of the molecule is CO[C@@H]1[C@@H](O)[C@H](C)OC(O[C@H]2CC(C=O)C3C4CC[C@]5(C)[C@@H](C6=CC(=O)OC6)CC[C@]5(O)C4CC[C@@H]3C2)[C@H]1O. The minimum absolute atomic E-state index is 0.134. The molecule has 2 heterocycles. The number of fused-ring (bicyclic) bond motifs is 5. The van der Waals surface area contributed by atoms with Crippen molar-refractivity contribution in [3.05, 3.63) is 11.6 Å². The summed E-state index contributed by atoms with van der Waals surface area (Å²) in [6.45, 7) is 4.28. The van der Waals surface area contributed by atoms with Gasteiger partial charge in [0.15, 0.2) is 6.29 Å². The van der Waals surface area contributed by atoms with E-state index in [-0.39, 0.29) is 47.1 Å². The lowest BCUT2D eigenvalue weighted by Gasteiger charge is -2.61. The Morgan fingerprint density at radius 1 is 1.10 bits per heavy atom. The lowest BCUT2D eigenvalue weighted by molar-refractivity contribution is -0.312. The molecule has 14 atom stereocenters. The normalized spacial score (nSPS) is 53.3. The summed E-state index contributed by atoms with van der Waals surface area (Å²) in [5.74, 6) is 0.603. The number of ether oxygens (including phenoxy) is 4. The van der Waals surface area contributed by atoms with Gasteiger partial charge in [0.1, 0.15) is 31.2 Å². The van der Waals surface area contributed by atoms with Crippen LogP contribution in [0.3, 0.4) is 0 Å². The van der Waals surface area contributed by atoms with Gasteiger partial charge in [0.25, 0.3) is 0 Å². The van der Waals surface area contributed by atoms with E-state index in [2.05, 4.69) is 6.92 Å². The van der Waals surface area contributed by atoms with Crippen LogP contribution in [0.15, 0.2) is 11.6 Å². The molecule has 0 radical (unpaired) electrons. The van der Waals surface area contributed by atoms with Crippen LogP contribution in [0.2, 0.25) is 0 Å². The third-order valence-electron chi connectivity index (χ3n) is 11.9. The number of aldehydes is 1. The van der Waals surface area contributed by atoms with E-state index in [1.165, 1.54) is 7.11 Å². The number of aliphatic hydroxyl groups excluding tert-OH is 2. The van der Waals surface area contributed by atoms with Crippen LogP contribution in [0.4, 0.5) is 0 Å². The summed E-state index contributed by atoms with van der Waals surface area (Å²) >= 11 is 0. The van der Waals surface area contributed by atoms with E-state index in [0.29, 0.717) is 18.9 Å². The molecule has 0 aromatic heterocycles. The van der Waals surface area contributed by atoms with E-state index < -0.39 is 36.3 Å². The molecular weight excluding hydrogens is 504 g/mol. The van der Waals surface area contributed by atoms with E-state index in [0.717, 1.165) is 56.8 Å². The maximum atomic E-state index is 12.5. The Morgan fingerprint density at radius 3 is 2.59 bits per heavy atom. The molecule has 4 saturated carbocycles. The van der Waals surface area contributed by atoms with Crippen molar-refractivity contribution >= 4 is 12.3 Å². The second-order valence-corrected chi connectivity index (χ2v) is 13.4. The van der Waals surface area contributed by atoms with Crippen LogP contribution >= 0.6 is 0 Å². The van der Waals surface area contributed by atoms with E-state index in [1.54, 1.807) is 13.0 Å². The summed E-state index contributed by atoms with van der Waals surface area (Å²) in [5.41, 5.74) is -0.0881. The number of hydrogen-bond donors (Lipinski definition) is 3. The lowest BCUT2D eigenvalue weighted by Crippen LogP contribution is -2.61. The predicted molar refractivity (Wildman–Crippen MR) is 138 cm³/mol. The van der Waals surface area contributed by atoms with Crippen LogP contribution in [0.1, 0.15) is 65.2 Å². The zero-order valence-corrected chi connectivity index (χ0v) is 23.2. The monoisotopic (exact) mass is 548 g/mol. The molecule has 5 unspecified atom stereocenters. The molecule has 0 aromatic rings. The lowest BCUT2D eigenvalue weighted by atomic mass is 9.46. The molecule has 4 aliphatic carbocycles. The Labute approximate surface area is 230 Å². The van der Waals surface area contributed by atoms with Crippen molar-refractivity contribution in [3.8, 4) is 0 Å². The summed E-state index contributed by atoms with van der Waals surface area (Å²) in [5, 5.41) is 33.4. The first-order chi connectivity index (χ1) is 18.6. The standard InChI is InChI=1S/C30H44O9/c1-15-25(33)27(36-3)26(34)28(38-15)39-19-10-16-4-5-22-20(24(16)17(11-19)13-31)6-8-29(2)21(7-9-30(22,29)35)18-12-23(32)37-14-18/h12-13,15-17,19-22,24-28,33-35H,4-11,14H2,1-3H3/t15-,16+,17?,19+,20?,21+,22?,24?,25-,26-,27+,28?,29+,30-/m0/s1. The van der Waals surface area contributed by atoms with Crippen molar-refractivity contribution in [2.45, 2.75) is 108 Å². The molecule has 218 valence electrons. The third-order valence-corrected chi connectivity index (χ3v) is 11.9. The highest BCUT2D eigenvalue weighted by Gasteiger charge is 2.66. The quantitative estimate of drug-likeness (QED) is 0.269. The van der Waals surface area contributed by atoms with Gasteiger partial charge in [-0.3, -0.25) is 0 Å². The Kier molecular flexibility index (Phi) is 7.25. The Morgan fingerprint density at radius 2 is 1.90 bits per heavy atom. The van der Waals surface area contributed by atoms with E-state index >= 15 is 0 Å². The molecule has 6 rings (SSSR count). The topological polar surface area (TPSA) is 132 Å². The highest BCUT2D eigenvalue weighted by Crippen LogP contribution is 2.67. The average molecular weight is 549 g/mol. The minimum Gasteiger partial charge on any atom is -0.458 e. The number of carbonyl (C=O) groups excluding carboxylic acids is 2. The smallest absolute Gasteiger partial charge is 0.331 e. The first kappa shape index (κ1) is 27.8. The first-order valence-corrected chi connectivity index (χ1v) is 14.9. The molecule has 9 nitrogen and oxygen atoms in total. The fourth-order valence-electron chi connectivity index (χ4n) is 10.00. The van der Waals surface area contributed by atoms with Crippen LogP contribution in [-0.4, -0.2) is 83.7 Å². The van der Waals surface area contributed by atoms with Crippen molar-refractivity contribution in [1.29, 1.82) is 0 Å². The summed E-state index contributed by atoms with van der Waals surface area (Å²) in [6, 6.07) is 0. The molecule has 2 aliphatic heterocycles. The van der Waals surface area contributed by atoms with E-state index in [9.17, 15) is 24.9 Å². The van der Waals surface area contributed by atoms with Gasteiger partial charge in [0.2, 0.25) is 0 Å². The molecule has 6 aliphatic rings. The number of rotatable bonds is 5. The largest absolute Gasteiger partial charge is 0.458 e. The van der Waals surface area contributed by atoms with Gasteiger partial charge in [-0.05, 0) is 93.5 Å².